The Balaban J connectivity index is 2.09. The van der Waals surface area contributed by atoms with Crippen molar-refractivity contribution in [2.45, 2.75) is 25.7 Å². The molecule has 0 spiro atoms. The molecular formula is C10H14. The molecule has 0 heteroatoms. The number of allylic oxidation sites excluding steroid dienone is 4. The van der Waals surface area contributed by atoms with Crippen LogP contribution in [0.2, 0.25) is 0 Å². The molecule has 0 aromatic carbocycles. The van der Waals surface area contributed by atoms with E-state index in [0.29, 0.717) is 0 Å². The van der Waals surface area contributed by atoms with Crippen LogP contribution in [0.15, 0.2) is 24.3 Å². The molecule has 0 aliphatic heterocycles. The van der Waals surface area contributed by atoms with Gasteiger partial charge in [0, 0.05) is 0 Å². The van der Waals surface area contributed by atoms with Gasteiger partial charge >= 0.3 is 0 Å². The average molecular weight is 134 g/mol. The Labute approximate surface area is 62.6 Å². The molecule has 0 saturated heterocycles. The van der Waals surface area contributed by atoms with E-state index in [9.17, 15) is 0 Å². The van der Waals surface area contributed by atoms with Crippen LogP contribution in [-0.2, 0) is 0 Å². The number of hydrogen-bond donors (Lipinski definition) is 0. The molecule has 1 unspecified atom stereocenters. The zero-order chi connectivity index (χ0) is 6.81. The van der Waals surface area contributed by atoms with E-state index in [2.05, 4.69) is 24.3 Å². The van der Waals surface area contributed by atoms with Crippen molar-refractivity contribution in [3.63, 3.8) is 0 Å². The van der Waals surface area contributed by atoms with Crippen LogP contribution in [0.3, 0.4) is 0 Å². The molecule has 0 nitrogen and oxygen atoms in total. The summed E-state index contributed by atoms with van der Waals surface area (Å²) >= 11 is 0. The Morgan fingerprint density at radius 2 is 1.30 bits per heavy atom. The van der Waals surface area contributed by atoms with Crippen molar-refractivity contribution < 1.29 is 0 Å². The third kappa shape index (κ3) is 1.03. The first kappa shape index (κ1) is 6.21. The Kier molecular flexibility index (Phi) is 1.62. The molecule has 0 N–H and O–H groups in total. The van der Waals surface area contributed by atoms with Crippen molar-refractivity contribution in [1.82, 2.24) is 0 Å². The maximum absolute atomic E-state index is 2.38. The van der Waals surface area contributed by atoms with E-state index in [0.717, 1.165) is 11.8 Å². The van der Waals surface area contributed by atoms with Crippen LogP contribution in [0.25, 0.3) is 0 Å². The minimum Gasteiger partial charge on any atom is -0.0808 e. The monoisotopic (exact) mass is 134 g/mol. The van der Waals surface area contributed by atoms with Crippen LogP contribution in [-0.4, -0.2) is 0 Å². The molecule has 2 aliphatic carbocycles. The standard InChI is InChI=1S/C10H14/c1-2-6-10-8-4-3-7-9(10)5-1/h1-2,5-6,9-10H,3-4,7-8H2/t9-,10?/m1/s1. The quantitative estimate of drug-likeness (QED) is 0.478. The van der Waals surface area contributed by atoms with Gasteiger partial charge in [-0.2, -0.15) is 0 Å². The lowest BCUT2D eigenvalue weighted by atomic mass is 9.77. The lowest BCUT2D eigenvalue weighted by Crippen LogP contribution is -2.16. The SMILES string of the molecule is C1=CC2CCCC[C@H]2C=C1. The summed E-state index contributed by atoms with van der Waals surface area (Å²) in [6, 6.07) is 0. The third-order valence-electron chi connectivity index (χ3n) is 2.70. The Bertz CT molecular complexity index is 145. The molecule has 2 atom stereocenters. The van der Waals surface area contributed by atoms with Crippen molar-refractivity contribution in [3.8, 4) is 0 Å². The van der Waals surface area contributed by atoms with E-state index in [1.54, 1.807) is 0 Å². The molecule has 0 heterocycles. The molecule has 1 fully saturated rings. The minimum absolute atomic E-state index is 0.888. The smallest absolute Gasteiger partial charge is 0.0167 e. The van der Waals surface area contributed by atoms with Crippen molar-refractivity contribution in [2.24, 2.45) is 11.8 Å². The summed E-state index contributed by atoms with van der Waals surface area (Å²) in [6.45, 7) is 0. The molecular weight excluding hydrogens is 120 g/mol. The van der Waals surface area contributed by atoms with E-state index in [1.165, 1.54) is 25.7 Å². The first-order valence-electron chi connectivity index (χ1n) is 4.32. The predicted octanol–water partition coefficient (Wildman–Crippen LogP) is 2.92. The largest absolute Gasteiger partial charge is 0.0808 e. The molecule has 0 radical (unpaired) electrons. The van der Waals surface area contributed by atoms with E-state index in [1.807, 2.05) is 0 Å². The van der Waals surface area contributed by atoms with Crippen molar-refractivity contribution in [1.29, 1.82) is 0 Å². The van der Waals surface area contributed by atoms with Gasteiger partial charge in [0.05, 0.1) is 0 Å². The third-order valence-corrected chi connectivity index (χ3v) is 2.70. The molecule has 0 bridgehead atoms. The summed E-state index contributed by atoms with van der Waals surface area (Å²) in [6.07, 6.45) is 14.9. The Hall–Kier alpha value is -0.520. The molecule has 2 rings (SSSR count). The summed E-state index contributed by atoms with van der Waals surface area (Å²) in [5.41, 5.74) is 0. The van der Waals surface area contributed by atoms with E-state index in [-0.39, 0.29) is 0 Å². The summed E-state index contributed by atoms with van der Waals surface area (Å²) in [5.74, 6) is 1.78. The van der Waals surface area contributed by atoms with Crippen LogP contribution in [0.4, 0.5) is 0 Å². The number of hydrogen-bond acceptors (Lipinski definition) is 0. The van der Waals surface area contributed by atoms with Gasteiger partial charge < -0.3 is 0 Å². The van der Waals surface area contributed by atoms with Crippen LogP contribution in [0.5, 0.6) is 0 Å². The highest BCUT2D eigenvalue weighted by atomic mass is 14.3. The lowest BCUT2D eigenvalue weighted by molar-refractivity contribution is 0.335. The Morgan fingerprint density at radius 1 is 0.800 bits per heavy atom. The zero-order valence-corrected chi connectivity index (χ0v) is 6.29. The molecule has 0 aromatic heterocycles. The molecule has 10 heavy (non-hydrogen) atoms. The van der Waals surface area contributed by atoms with E-state index in [4.69, 9.17) is 0 Å². The average Bonchev–Trinajstić information content (AvgIpc) is 2.05. The highest BCUT2D eigenvalue weighted by Gasteiger charge is 2.21. The number of rotatable bonds is 0. The second-order valence-electron chi connectivity index (χ2n) is 3.38. The fourth-order valence-corrected chi connectivity index (χ4v) is 2.08. The predicted molar refractivity (Wildman–Crippen MR) is 43.7 cm³/mol. The van der Waals surface area contributed by atoms with Crippen LogP contribution in [0.1, 0.15) is 25.7 Å². The fourth-order valence-electron chi connectivity index (χ4n) is 2.08. The molecule has 54 valence electrons. The van der Waals surface area contributed by atoms with Gasteiger partial charge in [-0.25, -0.2) is 0 Å². The second kappa shape index (κ2) is 2.61. The highest BCUT2D eigenvalue weighted by molar-refractivity contribution is 5.14. The van der Waals surface area contributed by atoms with Gasteiger partial charge in [0.2, 0.25) is 0 Å². The molecule has 0 amide bonds. The molecule has 0 aromatic rings. The summed E-state index contributed by atoms with van der Waals surface area (Å²) in [5, 5.41) is 0. The van der Waals surface area contributed by atoms with Gasteiger partial charge in [-0.15, -0.1) is 0 Å². The van der Waals surface area contributed by atoms with E-state index >= 15 is 0 Å². The molecule has 2 aliphatic rings. The maximum Gasteiger partial charge on any atom is -0.0167 e. The van der Waals surface area contributed by atoms with E-state index < -0.39 is 0 Å². The molecule has 1 saturated carbocycles. The van der Waals surface area contributed by atoms with Crippen molar-refractivity contribution in [2.75, 3.05) is 0 Å². The van der Waals surface area contributed by atoms with Gasteiger partial charge in [-0.3, -0.25) is 0 Å². The Morgan fingerprint density at radius 3 is 1.80 bits per heavy atom. The topological polar surface area (TPSA) is 0 Å². The zero-order valence-electron chi connectivity index (χ0n) is 6.29. The second-order valence-corrected chi connectivity index (χ2v) is 3.38. The van der Waals surface area contributed by atoms with Crippen molar-refractivity contribution in [3.05, 3.63) is 24.3 Å². The van der Waals surface area contributed by atoms with Gasteiger partial charge in [-0.05, 0) is 24.7 Å². The summed E-state index contributed by atoms with van der Waals surface area (Å²) in [4.78, 5) is 0. The normalized spacial score (nSPS) is 37.6. The fraction of sp³-hybridized carbons (Fsp3) is 0.600. The van der Waals surface area contributed by atoms with Gasteiger partial charge in [0.25, 0.3) is 0 Å². The summed E-state index contributed by atoms with van der Waals surface area (Å²) < 4.78 is 0. The first-order chi connectivity index (χ1) is 4.97. The minimum atomic E-state index is 0.888. The van der Waals surface area contributed by atoms with Crippen LogP contribution in [0, 0.1) is 11.8 Å². The van der Waals surface area contributed by atoms with Gasteiger partial charge in [0.1, 0.15) is 0 Å². The number of fused-ring (bicyclic) bond motifs is 1. The first-order valence-corrected chi connectivity index (χ1v) is 4.32. The van der Waals surface area contributed by atoms with Crippen LogP contribution < -0.4 is 0 Å². The van der Waals surface area contributed by atoms with Crippen molar-refractivity contribution >= 4 is 0 Å². The lowest BCUT2D eigenvalue weighted by Gasteiger charge is -2.28. The van der Waals surface area contributed by atoms with Gasteiger partial charge in [-0.1, -0.05) is 37.1 Å². The van der Waals surface area contributed by atoms with Crippen LogP contribution >= 0.6 is 0 Å². The highest BCUT2D eigenvalue weighted by Crippen LogP contribution is 2.33. The summed E-state index contributed by atoms with van der Waals surface area (Å²) in [7, 11) is 0. The maximum atomic E-state index is 2.38. The van der Waals surface area contributed by atoms with Gasteiger partial charge in [0.15, 0.2) is 0 Å².